The molecule has 6 nitrogen and oxygen atoms in total. The van der Waals surface area contributed by atoms with Crippen LogP contribution in [0, 0.1) is 0 Å². The monoisotopic (exact) mass is 248 g/mol. The van der Waals surface area contributed by atoms with Crippen molar-refractivity contribution >= 4 is 34.2 Å². The Balaban J connectivity index is 2.47. The van der Waals surface area contributed by atoms with Crippen LogP contribution in [0.1, 0.15) is 0 Å². The lowest BCUT2D eigenvalue weighted by Crippen LogP contribution is -2.32. The summed E-state index contributed by atoms with van der Waals surface area (Å²) >= 11 is 2.72. The van der Waals surface area contributed by atoms with Gasteiger partial charge in [-0.15, -0.1) is 10.2 Å². The number of nitrogens with two attached hydrogens (primary N) is 1. The standard InChI is InChI=1S/C7H12N4O2S2/c1-11(2)6-9-10-7(15-6)14-3-4(8)5(12)13/h4H,3,8H2,1-2H3,(H,12,13). The minimum absolute atomic E-state index is 0.303. The average molecular weight is 248 g/mol. The highest BCUT2D eigenvalue weighted by Gasteiger charge is 2.13. The zero-order chi connectivity index (χ0) is 11.4. The number of thioether (sulfide) groups is 1. The van der Waals surface area contributed by atoms with Gasteiger partial charge in [0.25, 0.3) is 0 Å². The SMILES string of the molecule is CN(C)c1nnc(SCC(N)C(=O)O)s1. The summed E-state index contributed by atoms with van der Waals surface area (Å²) in [5, 5.41) is 17.2. The van der Waals surface area contributed by atoms with E-state index in [0.717, 1.165) is 9.47 Å². The van der Waals surface area contributed by atoms with E-state index in [1.807, 2.05) is 19.0 Å². The number of anilines is 1. The third-order valence-corrected chi connectivity index (χ3v) is 3.83. The number of nitrogens with zero attached hydrogens (tertiary/aromatic N) is 3. The van der Waals surface area contributed by atoms with Crippen LogP contribution in [-0.2, 0) is 4.79 Å². The fraction of sp³-hybridized carbons (Fsp3) is 0.571. The first-order chi connectivity index (χ1) is 7.00. The molecule has 1 aromatic heterocycles. The average Bonchev–Trinajstić information content (AvgIpc) is 2.62. The van der Waals surface area contributed by atoms with Crippen LogP contribution in [0.2, 0.25) is 0 Å². The molecule has 0 radical (unpaired) electrons. The minimum atomic E-state index is -1.00. The lowest BCUT2D eigenvalue weighted by molar-refractivity contribution is -0.137. The molecule has 1 atom stereocenters. The number of carbonyl (C=O) groups is 1. The number of hydrogen-bond acceptors (Lipinski definition) is 7. The van der Waals surface area contributed by atoms with Crippen LogP contribution < -0.4 is 10.6 Å². The number of hydrogen-bond donors (Lipinski definition) is 2. The van der Waals surface area contributed by atoms with Crippen LogP contribution in [0.3, 0.4) is 0 Å². The van der Waals surface area contributed by atoms with E-state index in [9.17, 15) is 4.79 Å². The summed E-state index contributed by atoms with van der Waals surface area (Å²) in [4.78, 5) is 12.3. The molecule has 1 unspecified atom stereocenters. The summed E-state index contributed by atoms with van der Waals surface area (Å²) in [6.07, 6.45) is 0. The molecule has 0 bridgehead atoms. The lowest BCUT2D eigenvalue weighted by atomic mass is 10.4. The molecular formula is C7H12N4O2S2. The first kappa shape index (κ1) is 12.2. The van der Waals surface area contributed by atoms with Crippen LogP contribution >= 0.6 is 23.1 Å². The van der Waals surface area contributed by atoms with Crippen molar-refractivity contribution in [2.45, 2.75) is 10.4 Å². The van der Waals surface area contributed by atoms with Crippen LogP contribution in [0.4, 0.5) is 5.13 Å². The van der Waals surface area contributed by atoms with Crippen molar-refractivity contribution in [1.29, 1.82) is 0 Å². The molecule has 0 aliphatic rings. The number of aliphatic carboxylic acids is 1. The third-order valence-electron chi connectivity index (χ3n) is 1.48. The molecule has 0 aliphatic carbocycles. The Hall–Kier alpha value is -0.860. The van der Waals surface area contributed by atoms with Gasteiger partial charge in [0.05, 0.1) is 0 Å². The number of carboxylic acid groups (broad SMARTS) is 1. The van der Waals surface area contributed by atoms with Crippen molar-refractivity contribution in [1.82, 2.24) is 10.2 Å². The highest BCUT2D eigenvalue weighted by Crippen LogP contribution is 2.26. The van der Waals surface area contributed by atoms with Crippen LogP contribution in [0.15, 0.2) is 4.34 Å². The zero-order valence-electron chi connectivity index (χ0n) is 8.38. The second-order valence-corrected chi connectivity index (χ2v) is 5.22. The number of rotatable bonds is 5. The molecule has 0 saturated heterocycles. The maximum Gasteiger partial charge on any atom is 0.321 e. The van der Waals surface area contributed by atoms with Crippen LogP contribution in [-0.4, -0.2) is 47.2 Å². The molecule has 1 rings (SSSR count). The topological polar surface area (TPSA) is 92.3 Å². The van der Waals surface area contributed by atoms with E-state index in [-0.39, 0.29) is 0 Å². The van der Waals surface area contributed by atoms with Crippen LogP contribution in [0.5, 0.6) is 0 Å². The van der Waals surface area contributed by atoms with Crippen molar-refractivity contribution < 1.29 is 9.90 Å². The van der Waals surface area contributed by atoms with E-state index in [4.69, 9.17) is 10.8 Å². The summed E-state index contributed by atoms with van der Waals surface area (Å²) in [6, 6.07) is -0.860. The molecule has 0 saturated carbocycles. The predicted molar refractivity (Wildman–Crippen MR) is 60.6 cm³/mol. The van der Waals surface area contributed by atoms with Gasteiger partial charge in [0.1, 0.15) is 6.04 Å². The van der Waals surface area contributed by atoms with Gasteiger partial charge in [-0.3, -0.25) is 4.79 Å². The fourth-order valence-corrected chi connectivity index (χ4v) is 2.40. The minimum Gasteiger partial charge on any atom is -0.480 e. The van der Waals surface area contributed by atoms with Gasteiger partial charge in [0.15, 0.2) is 4.34 Å². The van der Waals surface area contributed by atoms with Crippen LogP contribution in [0.25, 0.3) is 0 Å². The Morgan fingerprint density at radius 3 is 2.80 bits per heavy atom. The Labute approximate surface area is 95.5 Å². The molecule has 84 valence electrons. The fourth-order valence-electron chi connectivity index (χ4n) is 0.674. The van der Waals surface area contributed by atoms with Crippen molar-refractivity contribution in [3.05, 3.63) is 0 Å². The van der Waals surface area contributed by atoms with Gasteiger partial charge >= 0.3 is 5.97 Å². The molecule has 0 amide bonds. The maximum atomic E-state index is 10.5. The number of aromatic nitrogens is 2. The van der Waals surface area contributed by atoms with Crippen molar-refractivity contribution in [3.63, 3.8) is 0 Å². The lowest BCUT2D eigenvalue weighted by Gasteiger charge is -2.04. The van der Waals surface area contributed by atoms with Gasteiger partial charge in [-0.1, -0.05) is 23.1 Å². The summed E-state index contributed by atoms with van der Waals surface area (Å²) in [6.45, 7) is 0. The smallest absolute Gasteiger partial charge is 0.321 e. The summed E-state index contributed by atoms with van der Waals surface area (Å²) in [5.74, 6) is -0.697. The Kier molecular flexibility index (Phi) is 4.30. The van der Waals surface area contributed by atoms with E-state index < -0.39 is 12.0 Å². The molecule has 0 fully saturated rings. The third kappa shape index (κ3) is 3.65. The molecule has 3 N–H and O–H groups in total. The van der Waals surface area contributed by atoms with E-state index in [2.05, 4.69) is 10.2 Å². The summed E-state index contributed by atoms with van der Waals surface area (Å²) < 4.78 is 0.732. The van der Waals surface area contributed by atoms with Crippen molar-refractivity contribution in [2.24, 2.45) is 5.73 Å². The van der Waals surface area contributed by atoms with Gasteiger partial charge in [-0.05, 0) is 0 Å². The van der Waals surface area contributed by atoms with Gasteiger partial charge in [0.2, 0.25) is 5.13 Å². The van der Waals surface area contributed by atoms with E-state index in [0.29, 0.717) is 5.75 Å². The van der Waals surface area contributed by atoms with E-state index in [1.165, 1.54) is 23.1 Å². The molecule has 8 heteroatoms. The quantitative estimate of drug-likeness (QED) is 0.714. The molecule has 0 aliphatic heterocycles. The molecule has 0 spiro atoms. The molecule has 15 heavy (non-hydrogen) atoms. The first-order valence-corrected chi connectivity index (χ1v) is 5.93. The van der Waals surface area contributed by atoms with E-state index >= 15 is 0 Å². The predicted octanol–water partition coefficient (Wildman–Crippen LogP) is 0.108. The largest absolute Gasteiger partial charge is 0.480 e. The Morgan fingerprint density at radius 1 is 1.67 bits per heavy atom. The molecular weight excluding hydrogens is 236 g/mol. The highest BCUT2D eigenvalue weighted by molar-refractivity contribution is 8.01. The van der Waals surface area contributed by atoms with Crippen molar-refractivity contribution in [3.8, 4) is 0 Å². The zero-order valence-corrected chi connectivity index (χ0v) is 10.0. The molecule has 1 heterocycles. The second-order valence-electron chi connectivity index (χ2n) is 3.00. The van der Waals surface area contributed by atoms with E-state index in [1.54, 1.807) is 0 Å². The maximum absolute atomic E-state index is 10.5. The summed E-state index contributed by atoms with van der Waals surface area (Å²) in [5.41, 5.74) is 5.36. The first-order valence-electron chi connectivity index (χ1n) is 4.12. The molecule has 0 aromatic carbocycles. The normalized spacial score (nSPS) is 12.5. The molecule has 1 aromatic rings. The Bertz CT molecular complexity index is 341. The van der Waals surface area contributed by atoms with Gasteiger partial charge < -0.3 is 15.7 Å². The van der Waals surface area contributed by atoms with Gasteiger partial charge in [0, 0.05) is 19.8 Å². The van der Waals surface area contributed by atoms with Gasteiger partial charge in [-0.25, -0.2) is 0 Å². The Morgan fingerprint density at radius 2 is 2.33 bits per heavy atom. The van der Waals surface area contributed by atoms with Crippen molar-refractivity contribution in [2.75, 3.05) is 24.7 Å². The number of carboxylic acids is 1. The van der Waals surface area contributed by atoms with Gasteiger partial charge in [-0.2, -0.15) is 0 Å². The second kappa shape index (κ2) is 5.29. The summed E-state index contributed by atoms with van der Waals surface area (Å²) in [7, 11) is 3.75. The highest BCUT2D eigenvalue weighted by atomic mass is 32.2.